The predicted octanol–water partition coefficient (Wildman–Crippen LogP) is 9.02. The first-order valence-corrected chi connectivity index (χ1v) is 19.7. The molecule has 6 rings (SSSR count). The number of rotatable bonds is 2. The Bertz CT molecular complexity index is 1640. The summed E-state index contributed by atoms with van der Waals surface area (Å²) in [5.74, 6) is -0.0112. The van der Waals surface area contributed by atoms with E-state index in [0.29, 0.717) is 11.0 Å². The number of benzene rings is 2. The van der Waals surface area contributed by atoms with Crippen LogP contribution in [0.2, 0.25) is 0 Å². The van der Waals surface area contributed by atoms with Crippen molar-refractivity contribution in [1.82, 2.24) is 9.97 Å². The molecule has 2 aliphatic rings. The van der Waals surface area contributed by atoms with E-state index in [2.05, 4.69) is 51.5 Å². The number of pyridine rings is 2. The number of hydrogen-bond donors (Lipinski definition) is 0. The number of nitrogens with zero attached hydrogens (tertiary/aromatic N) is 2. The number of aromatic nitrogens is 2. The Labute approximate surface area is 260 Å². The van der Waals surface area contributed by atoms with Gasteiger partial charge in [0, 0.05) is 11.1 Å². The van der Waals surface area contributed by atoms with Crippen LogP contribution < -0.4 is 10.2 Å². The number of para-hydroxylation sites is 2. The van der Waals surface area contributed by atoms with E-state index < -0.39 is 20.8 Å². The van der Waals surface area contributed by atoms with Crippen LogP contribution in [0.25, 0.3) is 33.0 Å². The number of halogens is 2. The number of fused-ring (bicyclic) bond motifs is 2. The second-order valence-corrected chi connectivity index (χ2v) is 14.3. The summed E-state index contributed by atoms with van der Waals surface area (Å²) in [5, 5.41) is 25.6. The van der Waals surface area contributed by atoms with E-state index in [1.54, 1.807) is 24.3 Å². The van der Waals surface area contributed by atoms with Crippen LogP contribution >= 0.6 is 17.0 Å². The molecule has 2 aromatic heterocycles. The molecule has 41 heavy (non-hydrogen) atoms. The van der Waals surface area contributed by atoms with Gasteiger partial charge in [0.15, 0.2) is 0 Å². The average molecular weight is 663 g/mol. The molecule has 0 bridgehead atoms. The third-order valence-corrected chi connectivity index (χ3v) is 7.82. The van der Waals surface area contributed by atoms with Crippen molar-refractivity contribution in [2.24, 2.45) is 0 Å². The summed E-state index contributed by atoms with van der Waals surface area (Å²) in [4.78, 5) is 9.18. The minimum absolute atomic E-state index is 0.00560. The van der Waals surface area contributed by atoms with E-state index >= 15 is 0 Å². The topological polar surface area (TPSA) is 71.9 Å². The third kappa shape index (κ3) is 6.69. The van der Waals surface area contributed by atoms with Crippen LogP contribution in [0.3, 0.4) is 0 Å². The third-order valence-electron chi connectivity index (χ3n) is 7.82. The van der Waals surface area contributed by atoms with Gasteiger partial charge in [-0.3, -0.25) is 0 Å². The zero-order valence-electron chi connectivity index (χ0n) is 24.2. The van der Waals surface area contributed by atoms with E-state index in [-0.39, 0.29) is 11.5 Å². The summed E-state index contributed by atoms with van der Waals surface area (Å²) in [7, 11) is 9.87. The Morgan fingerprint density at radius 3 is 1.24 bits per heavy atom. The first kappa shape index (κ1) is 31.2. The second-order valence-electron chi connectivity index (χ2n) is 10.6. The van der Waals surface area contributed by atoms with Crippen molar-refractivity contribution in [2.75, 3.05) is 0 Å². The molecule has 0 amide bonds. The molecular formula is C34H32Cl2N2O2Zr. The van der Waals surface area contributed by atoms with E-state index in [9.17, 15) is 10.2 Å². The molecule has 2 aliphatic carbocycles. The Morgan fingerprint density at radius 2 is 0.927 bits per heavy atom. The van der Waals surface area contributed by atoms with E-state index in [1.165, 1.54) is 44.6 Å². The monoisotopic (exact) mass is 660 g/mol. The molecule has 0 unspecified atom stereocenters. The zero-order valence-corrected chi connectivity index (χ0v) is 28.1. The maximum absolute atomic E-state index is 11.9. The molecule has 208 valence electrons. The van der Waals surface area contributed by atoms with Crippen LogP contribution in [0.5, 0.6) is 11.5 Å². The van der Waals surface area contributed by atoms with Crippen LogP contribution in [0, 0.1) is 0 Å². The van der Waals surface area contributed by atoms with Crippen molar-refractivity contribution in [2.45, 2.75) is 54.4 Å². The Kier molecular flexibility index (Phi) is 10.3. The van der Waals surface area contributed by atoms with Gasteiger partial charge in [-0.2, -0.15) is 0 Å². The van der Waals surface area contributed by atoms with Gasteiger partial charge in [0.2, 0.25) is 0 Å². The Hall–Kier alpha value is -2.72. The van der Waals surface area contributed by atoms with Gasteiger partial charge in [0.05, 0.1) is 22.4 Å². The SMILES string of the molecule is CC1=C(C)C(c2ccc3cccc([O-])c3n2)=C(C)C1.CC1=C(C)C(c2ccc3cccc([O-])c3n2)=C(C)C1.[Cl][Zr+2][Cl]. The molecule has 0 atom stereocenters. The molecule has 4 aromatic rings. The van der Waals surface area contributed by atoms with Gasteiger partial charge in [0.25, 0.3) is 0 Å². The molecular weight excluding hydrogens is 631 g/mol. The van der Waals surface area contributed by atoms with Crippen LogP contribution in [-0.2, 0) is 20.8 Å². The van der Waals surface area contributed by atoms with Gasteiger partial charge in [-0.05, 0) is 88.4 Å². The second kappa shape index (κ2) is 13.5. The molecule has 7 heteroatoms. The predicted molar refractivity (Wildman–Crippen MR) is 165 cm³/mol. The normalized spacial score (nSPS) is 14.8. The molecule has 0 fully saturated rings. The summed E-state index contributed by atoms with van der Waals surface area (Å²) < 4.78 is 0. The standard InChI is InChI=1S/2C17H17NO.2ClH.Zr/c2*1-10-9-11(2)16(12(10)3)14-8-7-13-5-4-6-15(19)17(13)18-14;;;/h2*4-8,19H,9H2,1-3H3;2*1H;/q;;;;+4/p-4. The molecule has 0 saturated carbocycles. The summed E-state index contributed by atoms with van der Waals surface area (Å²) in [6.07, 6.45) is 2.03. The number of allylic oxidation sites excluding steroid dienone is 8. The molecule has 4 nitrogen and oxygen atoms in total. The zero-order chi connectivity index (χ0) is 29.8. The molecule has 0 N–H and O–H groups in total. The maximum atomic E-state index is 11.9. The molecule has 0 spiro atoms. The van der Waals surface area contributed by atoms with Gasteiger partial charge < -0.3 is 10.2 Å². The van der Waals surface area contributed by atoms with E-state index in [0.717, 1.165) is 35.0 Å². The summed E-state index contributed by atoms with van der Waals surface area (Å²) in [6.45, 7) is 12.9. The fraction of sp³-hybridized carbons (Fsp3) is 0.235. The quantitative estimate of drug-likeness (QED) is 0.215. The summed E-state index contributed by atoms with van der Waals surface area (Å²) in [6, 6.07) is 18.6. The van der Waals surface area contributed by atoms with Gasteiger partial charge in [-0.25, -0.2) is 9.97 Å². The van der Waals surface area contributed by atoms with Crippen molar-refractivity contribution >= 4 is 50.0 Å². The number of hydrogen-bond acceptors (Lipinski definition) is 4. The molecule has 0 saturated heterocycles. The van der Waals surface area contributed by atoms with E-state index in [4.69, 9.17) is 17.0 Å². The van der Waals surface area contributed by atoms with Crippen molar-refractivity contribution in [1.29, 1.82) is 0 Å². The van der Waals surface area contributed by atoms with Crippen LogP contribution in [0.4, 0.5) is 0 Å². The Morgan fingerprint density at radius 1 is 0.561 bits per heavy atom. The molecule has 2 heterocycles. The van der Waals surface area contributed by atoms with E-state index in [1.807, 2.05) is 36.4 Å². The molecule has 0 aliphatic heterocycles. The molecule has 0 radical (unpaired) electrons. The molecule has 2 aromatic carbocycles. The van der Waals surface area contributed by atoms with Crippen molar-refractivity contribution in [3.8, 4) is 11.5 Å². The van der Waals surface area contributed by atoms with Crippen molar-refractivity contribution < 1.29 is 31.1 Å². The first-order chi connectivity index (χ1) is 19.6. The summed E-state index contributed by atoms with van der Waals surface area (Å²) in [5.41, 5.74) is 13.5. The van der Waals surface area contributed by atoms with Crippen molar-refractivity contribution in [3.05, 3.63) is 105 Å². The van der Waals surface area contributed by atoms with Crippen LogP contribution in [-0.4, -0.2) is 9.97 Å². The van der Waals surface area contributed by atoms with Gasteiger partial charge in [-0.1, -0.05) is 82.3 Å². The van der Waals surface area contributed by atoms with Gasteiger partial charge in [0.1, 0.15) is 0 Å². The Balaban J connectivity index is 0.000000173. The fourth-order valence-corrected chi connectivity index (χ4v) is 5.64. The van der Waals surface area contributed by atoms with Gasteiger partial charge >= 0.3 is 37.9 Å². The first-order valence-electron chi connectivity index (χ1n) is 13.4. The van der Waals surface area contributed by atoms with Crippen LogP contribution in [0.1, 0.15) is 65.8 Å². The fourth-order valence-electron chi connectivity index (χ4n) is 5.64. The van der Waals surface area contributed by atoms with Crippen molar-refractivity contribution in [3.63, 3.8) is 0 Å². The minimum atomic E-state index is -0.826. The van der Waals surface area contributed by atoms with Crippen LogP contribution in [0.15, 0.2) is 94.1 Å². The summed E-state index contributed by atoms with van der Waals surface area (Å²) >= 11 is -0.826. The van der Waals surface area contributed by atoms with Gasteiger partial charge in [-0.15, -0.1) is 0 Å². The average Bonchev–Trinajstić information content (AvgIpc) is 3.35.